The summed E-state index contributed by atoms with van der Waals surface area (Å²) in [4.78, 5) is 48.1. The lowest BCUT2D eigenvalue weighted by Gasteiger charge is -2.31. The molecule has 0 unspecified atom stereocenters. The summed E-state index contributed by atoms with van der Waals surface area (Å²) in [5, 5.41) is 6.88. The third kappa shape index (κ3) is 5.51. The molecule has 9 nitrogen and oxygen atoms in total. The third-order valence-electron chi connectivity index (χ3n) is 5.64. The van der Waals surface area contributed by atoms with Gasteiger partial charge in [0.05, 0.1) is 5.92 Å². The van der Waals surface area contributed by atoms with Crippen molar-refractivity contribution in [3.8, 4) is 0 Å². The molecule has 0 radical (unpaired) electrons. The lowest BCUT2D eigenvalue weighted by atomic mass is 9.98. The third-order valence-corrected chi connectivity index (χ3v) is 6.99. The fourth-order valence-corrected chi connectivity index (χ4v) is 4.99. The van der Waals surface area contributed by atoms with Gasteiger partial charge in [-0.3, -0.25) is 19.0 Å². The first-order chi connectivity index (χ1) is 15.9. The zero-order valence-electron chi connectivity index (χ0n) is 18.2. The number of nitrogens with one attached hydrogen (secondary N) is 2. The Labute approximate surface area is 199 Å². The number of thiazole rings is 1. The Bertz CT molecular complexity index is 1210. The van der Waals surface area contributed by atoms with Gasteiger partial charge in [-0.05, 0) is 37.0 Å². The van der Waals surface area contributed by atoms with Gasteiger partial charge < -0.3 is 15.5 Å². The first-order valence-corrected chi connectivity index (χ1v) is 12.0. The summed E-state index contributed by atoms with van der Waals surface area (Å²) in [6.45, 7) is 1.68. The van der Waals surface area contributed by atoms with Crippen molar-refractivity contribution in [2.24, 2.45) is 5.92 Å². The van der Waals surface area contributed by atoms with Gasteiger partial charge in [-0.15, -0.1) is 0 Å². The summed E-state index contributed by atoms with van der Waals surface area (Å²) >= 11 is 7.14. The number of rotatable bonds is 7. The highest BCUT2D eigenvalue weighted by atomic mass is 35.5. The molecule has 0 saturated carbocycles. The van der Waals surface area contributed by atoms with Crippen LogP contribution >= 0.6 is 22.9 Å². The van der Waals surface area contributed by atoms with Crippen molar-refractivity contribution in [1.82, 2.24) is 25.2 Å². The van der Waals surface area contributed by atoms with Crippen molar-refractivity contribution in [3.05, 3.63) is 51.5 Å². The largest absolute Gasteiger partial charge is 0.359 e. The molecule has 1 aliphatic rings. The van der Waals surface area contributed by atoms with E-state index in [-0.39, 0.29) is 29.8 Å². The van der Waals surface area contributed by atoms with Crippen LogP contribution in [-0.4, -0.2) is 53.0 Å². The van der Waals surface area contributed by atoms with Crippen LogP contribution in [0.3, 0.4) is 0 Å². The fraction of sp³-hybridized carbons (Fsp3) is 0.409. The normalized spacial score (nSPS) is 16.1. The van der Waals surface area contributed by atoms with Crippen LogP contribution in [0.1, 0.15) is 18.4 Å². The quantitative estimate of drug-likeness (QED) is 0.525. The van der Waals surface area contributed by atoms with Crippen LogP contribution in [0.15, 0.2) is 35.4 Å². The van der Waals surface area contributed by atoms with E-state index < -0.39 is 0 Å². The molecule has 1 saturated heterocycles. The summed E-state index contributed by atoms with van der Waals surface area (Å²) in [7, 11) is 1.64. The molecule has 0 spiro atoms. The number of hydrogen-bond donors (Lipinski definition) is 2. The molecule has 1 atom stereocenters. The standard InChI is InChI=1S/C22H25ClN6O3S/c1-24-20(31)15-3-2-10-28(11-15)22-27-19-18(33-22)21(32)29(13-26-19)12-17(30)25-9-8-14-4-6-16(23)7-5-14/h4-7,13,15H,2-3,8-12H2,1H3,(H,24,31)(H,25,30)/t15-/m1/s1. The maximum Gasteiger partial charge on any atom is 0.273 e. The maximum absolute atomic E-state index is 12.9. The van der Waals surface area contributed by atoms with Crippen molar-refractivity contribution in [1.29, 1.82) is 0 Å². The van der Waals surface area contributed by atoms with Crippen LogP contribution in [0.5, 0.6) is 0 Å². The molecule has 1 aliphatic heterocycles. The minimum absolute atomic E-state index is 0.0170. The minimum Gasteiger partial charge on any atom is -0.359 e. The first-order valence-electron chi connectivity index (χ1n) is 10.8. The number of amides is 2. The molecular weight excluding hydrogens is 464 g/mol. The molecule has 1 fully saturated rings. The number of benzene rings is 1. The molecule has 174 valence electrons. The number of halogens is 1. The molecule has 0 aliphatic carbocycles. The first kappa shape index (κ1) is 23.2. The predicted octanol–water partition coefficient (Wildman–Crippen LogP) is 1.83. The summed E-state index contributed by atoms with van der Waals surface area (Å²) in [5.74, 6) is -0.346. The average molecular weight is 489 g/mol. The van der Waals surface area contributed by atoms with E-state index in [4.69, 9.17) is 11.6 Å². The molecule has 11 heteroatoms. The molecule has 4 rings (SSSR count). The Morgan fingerprint density at radius 1 is 1.27 bits per heavy atom. The Kier molecular flexibility index (Phi) is 7.24. The second-order valence-corrected chi connectivity index (χ2v) is 9.37. The minimum atomic E-state index is -0.295. The van der Waals surface area contributed by atoms with Gasteiger partial charge in [0, 0.05) is 31.7 Å². The second-order valence-electron chi connectivity index (χ2n) is 7.95. The van der Waals surface area contributed by atoms with Crippen molar-refractivity contribution in [2.45, 2.75) is 25.8 Å². The van der Waals surface area contributed by atoms with Crippen LogP contribution in [0.4, 0.5) is 5.13 Å². The van der Waals surface area contributed by atoms with Gasteiger partial charge in [0.1, 0.15) is 17.6 Å². The lowest BCUT2D eigenvalue weighted by molar-refractivity contribution is -0.124. The van der Waals surface area contributed by atoms with Gasteiger partial charge >= 0.3 is 0 Å². The molecule has 3 heterocycles. The number of fused-ring (bicyclic) bond motifs is 1. The Hall–Kier alpha value is -2.98. The van der Waals surface area contributed by atoms with Gasteiger partial charge in [0.2, 0.25) is 11.8 Å². The van der Waals surface area contributed by atoms with E-state index in [0.29, 0.717) is 40.0 Å². The van der Waals surface area contributed by atoms with E-state index in [1.807, 2.05) is 29.2 Å². The van der Waals surface area contributed by atoms with Crippen LogP contribution in [0, 0.1) is 5.92 Å². The van der Waals surface area contributed by atoms with Gasteiger partial charge in [-0.1, -0.05) is 35.1 Å². The lowest BCUT2D eigenvalue weighted by Crippen LogP contribution is -2.42. The van der Waals surface area contributed by atoms with E-state index in [2.05, 4.69) is 20.6 Å². The van der Waals surface area contributed by atoms with Gasteiger partial charge in [-0.25, -0.2) is 4.98 Å². The number of anilines is 1. The highest BCUT2D eigenvalue weighted by Crippen LogP contribution is 2.29. The molecule has 0 bridgehead atoms. The molecule has 33 heavy (non-hydrogen) atoms. The van der Waals surface area contributed by atoms with E-state index >= 15 is 0 Å². The van der Waals surface area contributed by atoms with E-state index in [9.17, 15) is 14.4 Å². The molecule has 1 aromatic carbocycles. The SMILES string of the molecule is CNC(=O)[C@@H]1CCCN(c2nc3ncn(CC(=O)NCCc4ccc(Cl)cc4)c(=O)c3s2)C1. The monoisotopic (exact) mass is 488 g/mol. The Morgan fingerprint density at radius 2 is 2.06 bits per heavy atom. The predicted molar refractivity (Wildman–Crippen MR) is 129 cm³/mol. The number of carbonyl (C=O) groups excluding carboxylic acids is 2. The molecule has 2 amide bonds. The number of aromatic nitrogens is 3. The van der Waals surface area contributed by atoms with Crippen molar-refractivity contribution >= 4 is 50.2 Å². The van der Waals surface area contributed by atoms with Crippen LogP contribution in [0.25, 0.3) is 10.3 Å². The van der Waals surface area contributed by atoms with Gasteiger partial charge in [0.15, 0.2) is 10.8 Å². The summed E-state index contributed by atoms with van der Waals surface area (Å²) in [5.41, 5.74) is 1.13. The Balaban J connectivity index is 1.40. The topological polar surface area (TPSA) is 109 Å². The van der Waals surface area contributed by atoms with Crippen molar-refractivity contribution in [3.63, 3.8) is 0 Å². The molecule has 2 aromatic heterocycles. The summed E-state index contributed by atoms with van der Waals surface area (Å²) in [6, 6.07) is 7.45. The number of carbonyl (C=O) groups is 2. The number of piperidine rings is 1. The molecule has 2 N–H and O–H groups in total. The summed E-state index contributed by atoms with van der Waals surface area (Å²) < 4.78 is 1.70. The van der Waals surface area contributed by atoms with Crippen LogP contribution in [0.2, 0.25) is 5.02 Å². The van der Waals surface area contributed by atoms with Crippen LogP contribution in [-0.2, 0) is 22.6 Å². The van der Waals surface area contributed by atoms with Gasteiger partial charge in [0.25, 0.3) is 5.56 Å². The number of hydrogen-bond acceptors (Lipinski definition) is 7. The van der Waals surface area contributed by atoms with Crippen molar-refractivity contribution < 1.29 is 9.59 Å². The second kappa shape index (κ2) is 10.3. The molecule has 3 aromatic rings. The molecular formula is C22H25ClN6O3S. The fourth-order valence-electron chi connectivity index (χ4n) is 3.86. The highest BCUT2D eigenvalue weighted by molar-refractivity contribution is 7.22. The Morgan fingerprint density at radius 3 is 2.82 bits per heavy atom. The van der Waals surface area contributed by atoms with Crippen molar-refractivity contribution in [2.75, 3.05) is 31.6 Å². The van der Waals surface area contributed by atoms with Gasteiger partial charge in [-0.2, -0.15) is 4.98 Å². The highest BCUT2D eigenvalue weighted by Gasteiger charge is 2.27. The zero-order chi connectivity index (χ0) is 23.4. The van der Waals surface area contributed by atoms with E-state index in [1.54, 1.807) is 7.05 Å². The maximum atomic E-state index is 12.9. The van der Waals surface area contributed by atoms with E-state index in [1.165, 1.54) is 22.2 Å². The number of nitrogens with zero attached hydrogens (tertiary/aromatic N) is 4. The average Bonchev–Trinajstić information content (AvgIpc) is 3.27. The summed E-state index contributed by atoms with van der Waals surface area (Å²) in [6.07, 6.45) is 3.73. The smallest absolute Gasteiger partial charge is 0.273 e. The zero-order valence-corrected chi connectivity index (χ0v) is 19.8. The van der Waals surface area contributed by atoms with E-state index in [0.717, 1.165) is 24.9 Å². The van der Waals surface area contributed by atoms with Crippen LogP contribution < -0.4 is 21.1 Å².